The van der Waals surface area contributed by atoms with E-state index >= 15 is 0 Å². The van der Waals surface area contributed by atoms with Crippen LogP contribution in [-0.2, 0) is 11.8 Å². The third kappa shape index (κ3) is 3.87. The van der Waals surface area contributed by atoms with E-state index in [-0.39, 0.29) is 17.9 Å². The molecule has 2 aromatic carbocycles. The molecule has 2 saturated heterocycles. The predicted molar refractivity (Wildman–Crippen MR) is 139 cm³/mol. The van der Waals surface area contributed by atoms with E-state index in [1.54, 1.807) is 0 Å². The van der Waals surface area contributed by atoms with Crippen molar-refractivity contribution in [3.05, 3.63) is 60.4 Å². The number of nitrogens with two attached hydrogens (primary N) is 1. The third-order valence-electron chi connectivity index (χ3n) is 6.96. The van der Waals surface area contributed by atoms with E-state index in [0.717, 1.165) is 65.0 Å². The molecule has 6 rings (SSSR count). The number of carbonyl (C=O) groups is 2. The molecular weight excluding hydrogens is 454 g/mol. The number of anilines is 2. The molecule has 2 aliphatic rings. The standard InChI is InChI=1S/C27H27N7O2/c1-33-23(17-8-10-19(11-9-17)32-26(35)20-14-29-20)21(22-24(28)30-15-31-25(22)33)16-4-6-18(7-5-16)27(36)34-12-2-3-13-34/h4-11,15,20,29H,2-3,12-14H2,1H3,(H,32,35)(H2,28,30,31)/t20-/m1/s1. The maximum atomic E-state index is 12.9. The molecule has 0 unspecified atom stereocenters. The van der Waals surface area contributed by atoms with Crippen molar-refractivity contribution in [2.75, 3.05) is 30.7 Å². The number of aryl methyl sites for hydroxylation is 1. The molecule has 4 N–H and O–H groups in total. The number of carbonyl (C=O) groups excluding carboxylic acids is 2. The molecule has 2 fully saturated rings. The normalized spacial score (nSPS) is 16.9. The highest BCUT2D eigenvalue weighted by Crippen LogP contribution is 2.41. The molecule has 4 aromatic rings. The number of fused-ring (bicyclic) bond motifs is 1. The first-order chi connectivity index (χ1) is 17.5. The van der Waals surface area contributed by atoms with Crippen LogP contribution in [0.5, 0.6) is 0 Å². The zero-order valence-corrected chi connectivity index (χ0v) is 20.0. The van der Waals surface area contributed by atoms with Crippen LogP contribution in [0.4, 0.5) is 11.5 Å². The zero-order chi connectivity index (χ0) is 24.8. The van der Waals surface area contributed by atoms with Crippen molar-refractivity contribution in [1.82, 2.24) is 24.8 Å². The van der Waals surface area contributed by atoms with Gasteiger partial charge in [0.25, 0.3) is 5.91 Å². The van der Waals surface area contributed by atoms with Crippen LogP contribution < -0.4 is 16.4 Å². The summed E-state index contributed by atoms with van der Waals surface area (Å²) >= 11 is 0. The summed E-state index contributed by atoms with van der Waals surface area (Å²) in [5, 5.41) is 6.71. The van der Waals surface area contributed by atoms with Gasteiger partial charge in [-0.1, -0.05) is 24.3 Å². The SMILES string of the molecule is Cn1c(-c2ccc(NC(=O)[C@H]3CN3)cc2)c(-c2ccc(C(=O)N3CCCC3)cc2)c2c(N)ncnc21. The van der Waals surface area contributed by atoms with Crippen LogP contribution in [0.2, 0.25) is 0 Å². The highest BCUT2D eigenvalue weighted by Gasteiger charge is 2.29. The van der Waals surface area contributed by atoms with Gasteiger partial charge >= 0.3 is 0 Å². The maximum Gasteiger partial charge on any atom is 0.253 e. The van der Waals surface area contributed by atoms with Crippen molar-refractivity contribution in [3.63, 3.8) is 0 Å². The summed E-state index contributed by atoms with van der Waals surface area (Å²) in [5.41, 5.74) is 12.2. The second-order valence-corrected chi connectivity index (χ2v) is 9.34. The van der Waals surface area contributed by atoms with Crippen molar-refractivity contribution in [2.24, 2.45) is 7.05 Å². The topological polar surface area (TPSA) is 128 Å². The van der Waals surface area contributed by atoms with Crippen LogP contribution in [0.1, 0.15) is 23.2 Å². The summed E-state index contributed by atoms with van der Waals surface area (Å²) in [6.45, 7) is 2.35. The Balaban J connectivity index is 1.41. The number of nitrogens with one attached hydrogen (secondary N) is 2. The summed E-state index contributed by atoms with van der Waals surface area (Å²) in [7, 11) is 1.95. The first-order valence-corrected chi connectivity index (χ1v) is 12.1. The Morgan fingerprint density at radius 3 is 2.33 bits per heavy atom. The van der Waals surface area contributed by atoms with E-state index in [2.05, 4.69) is 20.6 Å². The molecular formula is C27H27N7O2. The lowest BCUT2D eigenvalue weighted by atomic mass is 9.97. The van der Waals surface area contributed by atoms with Gasteiger partial charge in [-0.25, -0.2) is 9.97 Å². The molecule has 9 heteroatoms. The maximum absolute atomic E-state index is 12.9. The second kappa shape index (κ2) is 8.76. The first kappa shape index (κ1) is 22.2. The summed E-state index contributed by atoms with van der Waals surface area (Å²) in [4.78, 5) is 35.6. The molecule has 4 heterocycles. The van der Waals surface area contributed by atoms with E-state index in [4.69, 9.17) is 5.73 Å². The van der Waals surface area contributed by atoms with Crippen LogP contribution in [-0.4, -0.2) is 56.9 Å². The van der Waals surface area contributed by atoms with E-state index in [1.165, 1.54) is 6.33 Å². The summed E-state index contributed by atoms with van der Waals surface area (Å²) < 4.78 is 2.01. The molecule has 9 nitrogen and oxygen atoms in total. The van der Waals surface area contributed by atoms with Gasteiger partial charge < -0.3 is 25.8 Å². The van der Waals surface area contributed by atoms with E-state index in [9.17, 15) is 9.59 Å². The summed E-state index contributed by atoms with van der Waals surface area (Å²) in [6, 6.07) is 15.3. The average molecular weight is 482 g/mol. The number of hydrogen-bond donors (Lipinski definition) is 3. The molecule has 0 radical (unpaired) electrons. The Hall–Kier alpha value is -4.24. The van der Waals surface area contributed by atoms with Gasteiger partial charge in [-0.05, 0) is 48.2 Å². The molecule has 2 aromatic heterocycles. The van der Waals surface area contributed by atoms with Crippen LogP contribution in [0.15, 0.2) is 54.9 Å². The molecule has 2 aliphatic heterocycles. The molecule has 0 aliphatic carbocycles. The zero-order valence-electron chi connectivity index (χ0n) is 20.0. The fraction of sp³-hybridized carbons (Fsp3) is 0.259. The van der Waals surface area contributed by atoms with Gasteiger partial charge in [0.1, 0.15) is 17.8 Å². The van der Waals surface area contributed by atoms with E-state index in [0.29, 0.717) is 17.9 Å². The first-order valence-electron chi connectivity index (χ1n) is 12.1. The summed E-state index contributed by atoms with van der Waals surface area (Å²) in [5.74, 6) is 0.439. The van der Waals surface area contributed by atoms with Gasteiger partial charge in [-0.3, -0.25) is 9.59 Å². The molecule has 36 heavy (non-hydrogen) atoms. The largest absolute Gasteiger partial charge is 0.383 e. The van der Waals surface area contributed by atoms with Gasteiger partial charge in [0.2, 0.25) is 5.91 Å². The van der Waals surface area contributed by atoms with Crippen LogP contribution >= 0.6 is 0 Å². The second-order valence-electron chi connectivity index (χ2n) is 9.34. The monoisotopic (exact) mass is 481 g/mol. The molecule has 182 valence electrons. The average Bonchev–Trinajstić information content (AvgIpc) is 3.52. The van der Waals surface area contributed by atoms with Gasteiger partial charge in [-0.15, -0.1) is 0 Å². The number of likely N-dealkylation sites (tertiary alicyclic amines) is 1. The minimum atomic E-state index is -0.101. The fourth-order valence-corrected chi connectivity index (χ4v) is 4.96. The number of rotatable bonds is 5. The van der Waals surface area contributed by atoms with E-state index < -0.39 is 0 Å². The van der Waals surface area contributed by atoms with Crippen molar-refractivity contribution < 1.29 is 9.59 Å². The lowest BCUT2D eigenvalue weighted by Crippen LogP contribution is -2.27. The van der Waals surface area contributed by atoms with Crippen molar-refractivity contribution in [3.8, 4) is 22.4 Å². The minimum absolute atomic E-state index is 0.0281. The van der Waals surface area contributed by atoms with Crippen molar-refractivity contribution in [1.29, 1.82) is 0 Å². The minimum Gasteiger partial charge on any atom is -0.383 e. The quantitative estimate of drug-likeness (QED) is 0.376. The number of amides is 2. The van der Waals surface area contributed by atoms with Gasteiger partial charge in [0.15, 0.2) is 0 Å². The molecule has 1 atom stereocenters. The molecule has 0 spiro atoms. The fourth-order valence-electron chi connectivity index (χ4n) is 4.96. The number of benzene rings is 2. The lowest BCUT2D eigenvalue weighted by Gasteiger charge is -2.15. The molecule has 2 amide bonds. The van der Waals surface area contributed by atoms with Gasteiger partial charge in [0, 0.05) is 43.5 Å². The molecule has 0 bridgehead atoms. The van der Waals surface area contributed by atoms with Gasteiger partial charge in [0.05, 0.1) is 17.1 Å². The van der Waals surface area contributed by atoms with Crippen LogP contribution in [0.3, 0.4) is 0 Å². The number of hydrogen-bond acceptors (Lipinski definition) is 6. The summed E-state index contributed by atoms with van der Waals surface area (Å²) in [6.07, 6.45) is 3.58. The Labute approximate surface area is 208 Å². The Morgan fingerprint density at radius 2 is 1.67 bits per heavy atom. The third-order valence-corrected chi connectivity index (χ3v) is 6.96. The van der Waals surface area contributed by atoms with Crippen LogP contribution in [0, 0.1) is 0 Å². The number of nitrogens with zero attached hydrogens (tertiary/aromatic N) is 4. The lowest BCUT2D eigenvalue weighted by molar-refractivity contribution is -0.115. The van der Waals surface area contributed by atoms with Gasteiger partial charge in [-0.2, -0.15) is 0 Å². The highest BCUT2D eigenvalue weighted by molar-refractivity contribution is 6.08. The Morgan fingerprint density at radius 1 is 1.00 bits per heavy atom. The van der Waals surface area contributed by atoms with Crippen molar-refractivity contribution in [2.45, 2.75) is 18.9 Å². The Bertz CT molecular complexity index is 1470. The van der Waals surface area contributed by atoms with Crippen LogP contribution in [0.25, 0.3) is 33.4 Å². The number of aromatic nitrogens is 3. The van der Waals surface area contributed by atoms with E-state index in [1.807, 2.05) is 65.0 Å². The van der Waals surface area contributed by atoms with Crippen molar-refractivity contribution >= 4 is 34.4 Å². The smallest absolute Gasteiger partial charge is 0.253 e. The Kier molecular flexibility index (Phi) is 5.41. The molecule has 0 saturated carbocycles. The highest BCUT2D eigenvalue weighted by atomic mass is 16.2. The number of nitrogen functional groups attached to an aromatic ring is 1. The predicted octanol–water partition coefficient (Wildman–Crippen LogP) is 3.03.